The first-order valence-corrected chi connectivity index (χ1v) is 16.4. The van der Waals surface area contributed by atoms with Gasteiger partial charge in [0, 0.05) is 17.4 Å². The summed E-state index contributed by atoms with van der Waals surface area (Å²) < 4.78 is 28.0. The molecule has 3 aromatic rings. The average Bonchev–Trinajstić information content (AvgIpc) is 3.11. The van der Waals surface area contributed by atoms with Crippen LogP contribution in [0.5, 0.6) is 0 Å². The Labute approximate surface area is 209 Å². The molecule has 1 N–H and O–H groups in total. The van der Waals surface area contributed by atoms with Gasteiger partial charge in [0.2, 0.25) is 0 Å². The minimum atomic E-state index is -4.01. The zero-order valence-electron chi connectivity index (χ0n) is 20.9. The summed E-state index contributed by atoms with van der Waals surface area (Å²) in [7, 11) is -6.15. The molecule has 0 spiro atoms. The number of hydrogen-bond donors (Lipinski definition) is 1. The van der Waals surface area contributed by atoms with E-state index in [1.165, 1.54) is 17.3 Å². The molecule has 6 nitrogen and oxygen atoms in total. The SMILES string of the molecule is C[C@@H]1CN(c2nc([Si](C)(C)c3ccccc3)ccc2C(=O)NS(=O)(=O)c2ccccc2)C(C)(C)C1. The van der Waals surface area contributed by atoms with E-state index < -0.39 is 24.0 Å². The predicted molar refractivity (Wildman–Crippen MR) is 144 cm³/mol. The van der Waals surface area contributed by atoms with Crippen molar-refractivity contribution in [2.45, 2.75) is 50.7 Å². The second-order valence-electron chi connectivity index (χ2n) is 10.5. The number of benzene rings is 2. The van der Waals surface area contributed by atoms with Crippen LogP contribution < -0.4 is 20.1 Å². The molecular weight excluding hydrogens is 474 g/mol. The molecule has 1 aromatic heterocycles. The first-order chi connectivity index (χ1) is 16.4. The van der Waals surface area contributed by atoms with E-state index in [9.17, 15) is 13.2 Å². The zero-order chi connectivity index (χ0) is 25.4. The Morgan fingerprint density at radius 2 is 1.60 bits per heavy atom. The smallest absolute Gasteiger partial charge is 0.268 e. The second-order valence-corrected chi connectivity index (χ2v) is 16.6. The topological polar surface area (TPSA) is 79.4 Å². The van der Waals surface area contributed by atoms with E-state index in [0.29, 0.717) is 11.7 Å². The quantitative estimate of drug-likeness (QED) is 0.515. The highest BCUT2D eigenvalue weighted by molar-refractivity contribution is 7.90. The summed E-state index contributed by atoms with van der Waals surface area (Å²) in [6.07, 6.45) is 0.960. The number of aromatic nitrogens is 1. The van der Waals surface area contributed by atoms with Crippen LogP contribution in [0.1, 0.15) is 37.6 Å². The zero-order valence-corrected chi connectivity index (χ0v) is 22.8. The number of carbonyl (C=O) groups excluding carboxylic acids is 1. The minimum absolute atomic E-state index is 0.0484. The monoisotopic (exact) mass is 507 g/mol. The van der Waals surface area contributed by atoms with Crippen LogP contribution >= 0.6 is 0 Å². The lowest BCUT2D eigenvalue weighted by atomic mass is 9.97. The van der Waals surface area contributed by atoms with E-state index in [4.69, 9.17) is 4.98 Å². The lowest BCUT2D eigenvalue weighted by Crippen LogP contribution is -2.55. The molecule has 0 bridgehead atoms. The Balaban J connectivity index is 1.79. The molecular formula is C27H33N3O3SSi. The van der Waals surface area contributed by atoms with Gasteiger partial charge in [-0.05, 0) is 50.5 Å². The Hall–Kier alpha value is -2.97. The molecule has 0 aliphatic carbocycles. The van der Waals surface area contributed by atoms with Gasteiger partial charge in [0.1, 0.15) is 13.9 Å². The molecule has 0 radical (unpaired) electrons. The molecule has 2 aromatic carbocycles. The van der Waals surface area contributed by atoms with E-state index in [1.54, 1.807) is 24.3 Å². The van der Waals surface area contributed by atoms with Crippen molar-refractivity contribution in [3.63, 3.8) is 0 Å². The Kier molecular flexibility index (Phi) is 6.63. The molecule has 0 saturated carbocycles. The first kappa shape index (κ1) is 25.1. The van der Waals surface area contributed by atoms with Crippen molar-refractivity contribution in [2.75, 3.05) is 11.4 Å². The van der Waals surface area contributed by atoms with Crippen molar-refractivity contribution in [3.05, 3.63) is 78.4 Å². The number of rotatable bonds is 6. The van der Waals surface area contributed by atoms with Crippen LogP contribution in [0.4, 0.5) is 5.82 Å². The molecule has 35 heavy (non-hydrogen) atoms. The molecule has 1 saturated heterocycles. The summed E-state index contributed by atoms with van der Waals surface area (Å²) in [6, 6.07) is 21.9. The van der Waals surface area contributed by atoms with E-state index in [2.05, 4.69) is 55.6 Å². The number of pyridine rings is 1. The van der Waals surface area contributed by atoms with Crippen molar-refractivity contribution < 1.29 is 13.2 Å². The molecule has 1 fully saturated rings. The van der Waals surface area contributed by atoms with Gasteiger partial charge in [-0.15, -0.1) is 0 Å². The van der Waals surface area contributed by atoms with E-state index in [-0.39, 0.29) is 16.0 Å². The highest BCUT2D eigenvalue weighted by Gasteiger charge is 2.40. The fourth-order valence-corrected chi connectivity index (χ4v) is 8.17. The molecule has 1 aliphatic heterocycles. The van der Waals surface area contributed by atoms with Gasteiger partial charge < -0.3 is 4.90 Å². The summed E-state index contributed by atoms with van der Waals surface area (Å²) in [5, 5.41) is 2.20. The number of sulfonamides is 1. The molecule has 184 valence electrons. The summed E-state index contributed by atoms with van der Waals surface area (Å²) >= 11 is 0. The fraction of sp³-hybridized carbons (Fsp3) is 0.333. The minimum Gasteiger partial charge on any atom is -0.351 e. The third-order valence-electron chi connectivity index (χ3n) is 6.86. The van der Waals surface area contributed by atoms with Gasteiger partial charge in [-0.25, -0.2) is 18.1 Å². The average molecular weight is 508 g/mol. The van der Waals surface area contributed by atoms with Gasteiger partial charge in [-0.1, -0.05) is 73.7 Å². The largest absolute Gasteiger partial charge is 0.351 e. The number of anilines is 1. The predicted octanol–water partition coefficient (Wildman–Crippen LogP) is 3.65. The van der Waals surface area contributed by atoms with Crippen molar-refractivity contribution in [2.24, 2.45) is 5.92 Å². The van der Waals surface area contributed by atoms with Gasteiger partial charge in [0.15, 0.2) is 0 Å². The molecule has 1 amide bonds. The maximum atomic E-state index is 13.4. The van der Waals surface area contributed by atoms with Gasteiger partial charge in [-0.3, -0.25) is 4.79 Å². The molecule has 1 aliphatic rings. The highest BCUT2D eigenvalue weighted by atomic mass is 32.2. The van der Waals surface area contributed by atoms with Crippen LogP contribution in [0.3, 0.4) is 0 Å². The van der Waals surface area contributed by atoms with Gasteiger partial charge in [-0.2, -0.15) is 0 Å². The number of hydrogen-bond acceptors (Lipinski definition) is 5. The number of amides is 1. The first-order valence-electron chi connectivity index (χ1n) is 11.9. The maximum absolute atomic E-state index is 13.4. The molecule has 8 heteroatoms. The van der Waals surface area contributed by atoms with Crippen LogP contribution in [0.15, 0.2) is 77.7 Å². The van der Waals surface area contributed by atoms with Crippen LogP contribution in [0.25, 0.3) is 0 Å². The Bertz CT molecular complexity index is 1330. The maximum Gasteiger partial charge on any atom is 0.268 e. The lowest BCUT2D eigenvalue weighted by Gasteiger charge is -2.35. The van der Waals surface area contributed by atoms with Crippen molar-refractivity contribution in [3.8, 4) is 0 Å². The van der Waals surface area contributed by atoms with Crippen molar-refractivity contribution >= 4 is 40.3 Å². The van der Waals surface area contributed by atoms with Crippen LogP contribution in [-0.4, -0.2) is 39.5 Å². The van der Waals surface area contributed by atoms with Gasteiger partial charge in [0.25, 0.3) is 15.9 Å². The van der Waals surface area contributed by atoms with Crippen molar-refractivity contribution in [1.82, 2.24) is 9.71 Å². The Morgan fingerprint density at radius 3 is 2.17 bits per heavy atom. The van der Waals surface area contributed by atoms with Crippen LogP contribution in [0, 0.1) is 5.92 Å². The summed E-state index contributed by atoms with van der Waals surface area (Å²) in [5.74, 6) is 0.311. The normalized spacial score (nSPS) is 17.9. The number of nitrogens with zero attached hydrogens (tertiary/aromatic N) is 2. The number of carbonyl (C=O) groups is 1. The fourth-order valence-electron chi connectivity index (χ4n) is 4.98. The van der Waals surface area contributed by atoms with Crippen LogP contribution in [0.2, 0.25) is 13.1 Å². The third kappa shape index (κ3) is 5.04. The summed E-state index contributed by atoms with van der Waals surface area (Å²) in [6.45, 7) is 11.7. The van der Waals surface area contributed by atoms with Gasteiger partial charge in [0.05, 0.1) is 10.5 Å². The molecule has 4 rings (SSSR count). The highest BCUT2D eigenvalue weighted by Crippen LogP contribution is 2.37. The molecule has 1 atom stereocenters. The lowest BCUT2D eigenvalue weighted by molar-refractivity contribution is 0.0981. The molecule has 0 unspecified atom stereocenters. The number of nitrogens with one attached hydrogen (secondary N) is 1. The van der Waals surface area contributed by atoms with Crippen molar-refractivity contribution in [1.29, 1.82) is 0 Å². The van der Waals surface area contributed by atoms with E-state index in [0.717, 1.165) is 18.3 Å². The summed E-state index contributed by atoms with van der Waals surface area (Å²) in [4.78, 5) is 20.7. The van der Waals surface area contributed by atoms with E-state index in [1.807, 2.05) is 24.3 Å². The third-order valence-corrected chi connectivity index (χ3v) is 11.5. The van der Waals surface area contributed by atoms with Crippen LogP contribution in [-0.2, 0) is 10.0 Å². The van der Waals surface area contributed by atoms with E-state index >= 15 is 0 Å². The van der Waals surface area contributed by atoms with Gasteiger partial charge >= 0.3 is 0 Å². The molecule has 2 heterocycles. The Morgan fingerprint density at radius 1 is 1.00 bits per heavy atom. The summed E-state index contributed by atoms with van der Waals surface area (Å²) in [5.41, 5.74) is 0.0601. The second kappa shape index (κ2) is 9.24. The standard InChI is InChI=1S/C27H33N3O3SSi/c1-20-18-27(2,3)30(19-20)25-23(26(31)29-34(32,33)21-12-8-6-9-13-21)16-17-24(28-25)35(4,5)22-14-10-7-11-15-22/h6-17,20H,18-19H2,1-5H3,(H,29,31)/t20-/m0/s1.